The van der Waals surface area contributed by atoms with Gasteiger partial charge in [0.25, 0.3) is 0 Å². The van der Waals surface area contributed by atoms with Crippen molar-refractivity contribution in [1.29, 1.82) is 0 Å². The number of nitrogens with zero attached hydrogens (tertiary/aromatic N) is 1. The third kappa shape index (κ3) is 1.80. The Morgan fingerprint density at radius 2 is 1.86 bits per heavy atom. The van der Waals surface area contributed by atoms with Gasteiger partial charge in [-0.2, -0.15) is 0 Å². The molecule has 3 unspecified atom stereocenters. The molecule has 1 N–H and O–H groups in total. The Kier molecular flexibility index (Phi) is 3.07. The van der Waals surface area contributed by atoms with Crippen LogP contribution in [0.25, 0.3) is 0 Å². The molecule has 0 aromatic rings. The predicted octanol–water partition coefficient (Wildman–Crippen LogP) is 1.13. The smallest absolute Gasteiger partial charge is 0.105 e. The summed E-state index contributed by atoms with van der Waals surface area (Å²) in [5.74, 6) is 2.00. The van der Waals surface area contributed by atoms with Crippen LogP contribution in [0.3, 0.4) is 0 Å². The molecule has 2 fully saturated rings. The summed E-state index contributed by atoms with van der Waals surface area (Å²) in [5, 5.41) is 3.41. The van der Waals surface area contributed by atoms with Crippen LogP contribution in [0.4, 0.5) is 4.39 Å². The van der Waals surface area contributed by atoms with E-state index in [1.54, 1.807) is 0 Å². The lowest BCUT2D eigenvalue weighted by atomic mass is 10.0. The summed E-state index contributed by atoms with van der Waals surface area (Å²) in [4.78, 5) is 2.36. The van der Waals surface area contributed by atoms with Crippen molar-refractivity contribution >= 4 is 0 Å². The van der Waals surface area contributed by atoms with Crippen LogP contribution >= 0.6 is 0 Å². The van der Waals surface area contributed by atoms with E-state index in [-0.39, 0.29) is 12.7 Å². The van der Waals surface area contributed by atoms with Gasteiger partial charge in [0.05, 0.1) is 0 Å². The maximum Gasteiger partial charge on any atom is 0.105 e. The maximum absolute atomic E-state index is 12.9. The molecular weight excluding hydrogens is 179 g/mol. The number of halogens is 1. The van der Waals surface area contributed by atoms with Gasteiger partial charge in [-0.15, -0.1) is 0 Å². The molecule has 2 saturated heterocycles. The van der Waals surface area contributed by atoms with Gasteiger partial charge >= 0.3 is 0 Å². The van der Waals surface area contributed by atoms with Crippen LogP contribution in [0, 0.1) is 17.8 Å². The molecule has 2 heterocycles. The van der Waals surface area contributed by atoms with Crippen LogP contribution in [0.5, 0.6) is 0 Å². The predicted molar refractivity (Wildman–Crippen MR) is 56.0 cm³/mol. The van der Waals surface area contributed by atoms with Crippen molar-refractivity contribution in [3.63, 3.8) is 0 Å². The Morgan fingerprint density at radius 1 is 1.29 bits per heavy atom. The molecule has 2 aliphatic rings. The summed E-state index contributed by atoms with van der Waals surface area (Å²) in [7, 11) is 0. The lowest BCUT2D eigenvalue weighted by Gasteiger charge is -2.29. The molecule has 0 amide bonds. The zero-order chi connectivity index (χ0) is 10.1. The Bertz CT molecular complexity index is 184. The zero-order valence-corrected chi connectivity index (χ0v) is 9.17. The number of hydrogen-bond donors (Lipinski definition) is 1. The largest absolute Gasteiger partial charge is 0.316 e. The highest BCUT2D eigenvalue weighted by Gasteiger charge is 2.39. The summed E-state index contributed by atoms with van der Waals surface area (Å²) in [6.07, 6.45) is 0. The molecular formula is C11H21FN2. The molecule has 0 radical (unpaired) electrons. The number of fused-ring (bicyclic) bond motifs is 1. The van der Waals surface area contributed by atoms with E-state index in [4.69, 9.17) is 0 Å². The van der Waals surface area contributed by atoms with Crippen molar-refractivity contribution in [2.75, 3.05) is 32.9 Å². The van der Waals surface area contributed by atoms with Gasteiger partial charge in [0, 0.05) is 19.1 Å². The van der Waals surface area contributed by atoms with E-state index in [1.807, 2.05) is 0 Å². The zero-order valence-electron chi connectivity index (χ0n) is 9.17. The van der Waals surface area contributed by atoms with Crippen molar-refractivity contribution in [1.82, 2.24) is 10.2 Å². The third-order valence-corrected chi connectivity index (χ3v) is 3.81. The van der Waals surface area contributed by atoms with Gasteiger partial charge in [0.15, 0.2) is 0 Å². The van der Waals surface area contributed by atoms with Crippen molar-refractivity contribution in [2.24, 2.45) is 17.8 Å². The second kappa shape index (κ2) is 4.15. The topological polar surface area (TPSA) is 15.3 Å². The monoisotopic (exact) mass is 200 g/mol. The first-order chi connectivity index (χ1) is 6.72. The van der Waals surface area contributed by atoms with Crippen molar-refractivity contribution < 1.29 is 4.39 Å². The average molecular weight is 200 g/mol. The molecule has 0 aromatic carbocycles. The first kappa shape index (κ1) is 10.4. The van der Waals surface area contributed by atoms with Crippen LogP contribution in [0.1, 0.15) is 13.8 Å². The molecule has 0 bridgehead atoms. The molecule has 2 aliphatic heterocycles. The van der Waals surface area contributed by atoms with Gasteiger partial charge in [0.1, 0.15) is 6.67 Å². The van der Waals surface area contributed by atoms with E-state index in [1.165, 1.54) is 0 Å². The van der Waals surface area contributed by atoms with Gasteiger partial charge < -0.3 is 5.32 Å². The summed E-state index contributed by atoms with van der Waals surface area (Å²) < 4.78 is 12.9. The fourth-order valence-corrected chi connectivity index (χ4v) is 2.86. The number of likely N-dealkylation sites (tertiary alicyclic amines) is 1. The fourth-order valence-electron chi connectivity index (χ4n) is 2.86. The summed E-state index contributed by atoms with van der Waals surface area (Å²) in [6.45, 7) is 8.53. The molecule has 2 rings (SSSR count). The Morgan fingerprint density at radius 3 is 2.29 bits per heavy atom. The van der Waals surface area contributed by atoms with Gasteiger partial charge in [-0.3, -0.25) is 4.90 Å². The second-order valence-electron chi connectivity index (χ2n) is 5.10. The lowest BCUT2D eigenvalue weighted by molar-refractivity contribution is 0.147. The highest BCUT2D eigenvalue weighted by molar-refractivity contribution is 4.93. The number of alkyl halides is 1. The number of rotatable bonds is 3. The number of hydrogen-bond acceptors (Lipinski definition) is 2. The minimum atomic E-state index is -0.190. The molecule has 14 heavy (non-hydrogen) atoms. The average Bonchev–Trinajstić information content (AvgIpc) is 2.63. The van der Waals surface area contributed by atoms with Gasteiger partial charge in [-0.05, 0) is 30.8 Å². The molecule has 0 saturated carbocycles. The van der Waals surface area contributed by atoms with E-state index in [0.29, 0.717) is 5.92 Å². The summed E-state index contributed by atoms with van der Waals surface area (Å²) >= 11 is 0. The molecule has 0 spiro atoms. The van der Waals surface area contributed by atoms with E-state index in [9.17, 15) is 4.39 Å². The normalized spacial score (nSPS) is 35.1. The van der Waals surface area contributed by atoms with Gasteiger partial charge in [-0.1, -0.05) is 13.8 Å². The SMILES string of the molecule is CC(C)C(CF)N1CC2CNCC2C1. The van der Waals surface area contributed by atoms with Crippen LogP contribution in [0.2, 0.25) is 0 Å². The Balaban J connectivity index is 1.93. The fraction of sp³-hybridized carbons (Fsp3) is 1.00. The summed E-state index contributed by atoms with van der Waals surface area (Å²) in [5.41, 5.74) is 0. The van der Waals surface area contributed by atoms with Crippen molar-refractivity contribution in [2.45, 2.75) is 19.9 Å². The standard InChI is InChI=1S/C11H21FN2/c1-8(2)11(3-12)14-6-9-4-13-5-10(9)7-14/h8-11,13H,3-7H2,1-2H3. The van der Waals surface area contributed by atoms with Crippen LogP contribution in [0.15, 0.2) is 0 Å². The third-order valence-electron chi connectivity index (χ3n) is 3.81. The minimum Gasteiger partial charge on any atom is -0.316 e. The van der Waals surface area contributed by atoms with E-state index in [2.05, 4.69) is 24.1 Å². The molecule has 0 aromatic heterocycles. The van der Waals surface area contributed by atoms with Gasteiger partial charge in [0.2, 0.25) is 0 Å². The molecule has 3 atom stereocenters. The van der Waals surface area contributed by atoms with Crippen LogP contribution in [-0.4, -0.2) is 43.8 Å². The first-order valence-corrected chi connectivity index (χ1v) is 5.73. The molecule has 0 aliphatic carbocycles. The van der Waals surface area contributed by atoms with E-state index >= 15 is 0 Å². The summed E-state index contributed by atoms with van der Waals surface area (Å²) in [6, 6.07) is 0.153. The highest BCUT2D eigenvalue weighted by Crippen LogP contribution is 2.29. The first-order valence-electron chi connectivity index (χ1n) is 5.73. The van der Waals surface area contributed by atoms with Crippen LogP contribution < -0.4 is 5.32 Å². The van der Waals surface area contributed by atoms with E-state index < -0.39 is 0 Å². The highest BCUT2D eigenvalue weighted by atomic mass is 19.1. The van der Waals surface area contributed by atoms with Crippen molar-refractivity contribution in [3.8, 4) is 0 Å². The molecule has 3 heteroatoms. The molecule has 2 nitrogen and oxygen atoms in total. The molecule has 82 valence electrons. The second-order valence-corrected chi connectivity index (χ2v) is 5.10. The van der Waals surface area contributed by atoms with E-state index in [0.717, 1.165) is 38.0 Å². The lowest BCUT2D eigenvalue weighted by Crippen LogP contribution is -2.40. The minimum absolute atomic E-state index is 0.153. The van der Waals surface area contributed by atoms with Crippen molar-refractivity contribution in [3.05, 3.63) is 0 Å². The quantitative estimate of drug-likeness (QED) is 0.735. The number of nitrogens with one attached hydrogen (secondary N) is 1. The Hall–Kier alpha value is -0.150. The Labute approximate surface area is 85.9 Å². The van der Waals surface area contributed by atoms with Crippen LogP contribution in [-0.2, 0) is 0 Å². The van der Waals surface area contributed by atoms with Gasteiger partial charge in [-0.25, -0.2) is 4.39 Å². The maximum atomic E-state index is 12.9.